The van der Waals surface area contributed by atoms with Crippen molar-refractivity contribution in [3.05, 3.63) is 12.0 Å². The number of ether oxygens (including phenoxy) is 1. The first kappa shape index (κ1) is 7.78. The summed E-state index contributed by atoms with van der Waals surface area (Å²) in [5.74, 6) is 0.108. The highest BCUT2D eigenvalue weighted by Gasteiger charge is 2.05. The fourth-order valence-corrected chi connectivity index (χ4v) is 0.629. The standard InChI is InChI=1S/C7H10N2O2/c1-3-6(10)11-7-5(2)8-4-9-7/h4H,3H2,1-2H3,(H,8,9). The van der Waals surface area contributed by atoms with Gasteiger partial charge in [0.25, 0.3) is 0 Å². The van der Waals surface area contributed by atoms with Gasteiger partial charge < -0.3 is 9.72 Å². The van der Waals surface area contributed by atoms with Gasteiger partial charge in [0.05, 0.1) is 12.0 Å². The van der Waals surface area contributed by atoms with Crippen LogP contribution in [0.15, 0.2) is 6.33 Å². The van der Waals surface area contributed by atoms with Crippen LogP contribution in [0.25, 0.3) is 0 Å². The third-order valence-corrected chi connectivity index (χ3v) is 1.28. The van der Waals surface area contributed by atoms with Crippen LogP contribution in [0, 0.1) is 6.92 Å². The van der Waals surface area contributed by atoms with Gasteiger partial charge in [-0.1, -0.05) is 6.92 Å². The summed E-state index contributed by atoms with van der Waals surface area (Å²) in [5, 5.41) is 0. The van der Waals surface area contributed by atoms with Crippen molar-refractivity contribution >= 4 is 5.97 Å². The van der Waals surface area contributed by atoms with Crippen LogP contribution in [0.3, 0.4) is 0 Å². The quantitative estimate of drug-likeness (QED) is 0.647. The molecule has 4 nitrogen and oxygen atoms in total. The Labute approximate surface area is 64.6 Å². The van der Waals surface area contributed by atoms with Crippen molar-refractivity contribution in [3.8, 4) is 5.88 Å². The van der Waals surface area contributed by atoms with Crippen LogP contribution in [-0.4, -0.2) is 15.9 Å². The SMILES string of the molecule is CCC(=O)Oc1nc[nH]c1C. The van der Waals surface area contributed by atoms with Crippen LogP contribution < -0.4 is 4.74 Å². The van der Waals surface area contributed by atoms with E-state index in [1.807, 2.05) is 0 Å². The number of H-pyrrole nitrogens is 1. The predicted octanol–water partition coefficient (Wildman–Crippen LogP) is 1.03. The van der Waals surface area contributed by atoms with Crippen molar-refractivity contribution < 1.29 is 9.53 Å². The molecule has 0 aromatic carbocycles. The minimum Gasteiger partial charge on any atom is -0.405 e. The van der Waals surface area contributed by atoms with Crippen LogP contribution in [0.2, 0.25) is 0 Å². The molecule has 0 saturated carbocycles. The molecule has 0 saturated heterocycles. The maximum Gasteiger partial charge on any atom is 0.312 e. The number of esters is 1. The molecule has 0 spiro atoms. The van der Waals surface area contributed by atoms with Gasteiger partial charge in [0.1, 0.15) is 0 Å². The molecule has 0 fully saturated rings. The van der Waals surface area contributed by atoms with Gasteiger partial charge in [-0.3, -0.25) is 4.79 Å². The number of nitrogens with one attached hydrogen (secondary N) is 1. The fourth-order valence-electron chi connectivity index (χ4n) is 0.629. The highest BCUT2D eigenvalue weighted by Crippen LogP contribution is 2.10. The number of imidazole rings is 1. The molecule has 0 atom stereocenters. The number of hydrogen-bond acceptors (Lipinski definition) is 3. The van der Waals surface area contributed by atoms with E-state index in [0.717, 1.165) is 5.69 Å². The van der Waals surface area contributed by atoms with E-state index >= 15 is 0 Å². The average Bonchev–Trinajstić information content (AvgIpc) is 2.37. The third kappa shape index (κ3) is 1.80. The molecule has 0 aliphatic rings. The van der Waals surface area contributed by atoms with E-state index < -0.39 is 0 Å². The minimum atomic E-state index is -0.264. The Hall–Kier alpha value is -1.32. The van der Waals surface area contributed by atoms with Gasteiger partial charge in [-0.15, -0.1) is 0 Å². The number of hydrogen-bond donors (Lipinski definition) is 1. The van der Waals surface area contributed by atoms with Crippen molar-refractivity contribution in [1.82, 2.24) is 9.97 Å². The fraction of sp³-hybridized carbons (Fsp3) is 0.429. The second kappa shape index (κ2) is 3.18. The van der Waals surface area contributed by atoms with Crippen LogP contribution in [0.5, 0.6) is 5.88 Å². The molecule has 0 aliphatic heterocycles. The predicted molar refractivity (Wildman–Crippen MR) is 39.3 cm³/mol. The Balaban J connectivity index is 2.64. The lowest BCUT2D eigenvalue weighted by Gasteiger charge is -1.97. The number of aromatic nitrogens is 2. The van der Waals surface area contributed by atoms with Crippen LogP contribution >= 0.6 is 0 Å². The maximum atomic E-state index is 10.8. The second-order valence-electron chi connectivity index (χ2n) is 2.16. The molecule has 0 amide bonds. The molecule has 11 heavy (non-hydrogen) atoms. The molecule has 1 rings (SSSR count). The number of nitrogens with zero attached hydrogens (tertiary/aromatic N) is 1. The van der Waals surface area contributed by atoms with Gasteiger partial charge in [0.2, 0.25) is 5.88 Å². The summed E-state index contributed by atoms with van der Waals surface area (Å²) in [4.78, 5) is 17.4. The van der Waals surface area contributed by atoms with Crippen molar-refractivity contribution in [2.45, 2.75) is 20.3 Å². The van der Waals surface area contributed by atoms with E-state index in [1.165, 1.54) is 6.33 Å². The maximum absolute atomic E-state index is 10.8. The number of aryl methyl sites for hydroxylation is 1. The third-order valence-electron chi connectivity index (χ3n) is 1.28. The Morgan fingerprint density at radius 2 is 2.55 bits per heavy atom. The van der Waals surface area contributed by atoms with Gasteiger partial charge in [-0.2, -0.15) is 0 Å². The van der Waals surface area contributed by atoms with E-state index in [0.29, 0.717) is 12.3 Å². The summed E-state index contributed by atoms with van der Waals surface area (Å²) >= 11 is 0. The van der Waals surface area contributed by atoms with Crippen LogP contribution in [0.1, 0.15) is 19.0 Å². The minimum absolute atomic E-state index is 0.264. The topological polar surface area (TPSA) is 55.0 Å². The Bertz CT molecular complexity index is 255. The first-order valence-electron chi connectivity index (χ1n) is 3.44. The lowest BCUT2D eigenvalue weighted by molar-refractivity contribution is -0.134. The summed E-state index contributed by atoms with van der Waals surface area (Å²) in [6.07, 6.45) is 1.86. The normalized spacial score (nSPS) is 9.64. The lowest BCUT2D eigenvalue weighted by atomic mass is 10.5. The van der Waals surface area contributed by atoms with Gasteiger partial charge in [-0.25, -0.2) is 4.98 Å². The molecule has 0 bridgehead atoms. The van der Waals surface area contributed by atoms with E-state index in [9.17, 15) is 4.79 Å². The van der Waals surface area contributed by atoms with E-state index in [1.54, 1.807) is 13.8 Å². The smallest absolute Gasteiger partial charge is 0.312 e. The van der Waals surface area contributed by atoms with Gasteiger partial charge in [-0.05, 0) is 6.92 Å². The highest BCUT2D eigenvalue weighted by atomic mass is 16.5. The zero-order chi connectivity index (χ0) is 8.27. The molecule has 0 aliphatic carbocycles. The monoisotopic (exact) mass is 154 g/mol. The largest absolute Gasteiger partial charge is 0.405 e. The summed E-state index contributed by atoms with van der Waals surface area (Å²) in [6, 6.07) is 0. The number of carbonyl (C=O) groups is 1. The lowest BCUT2D eigenvalue weighted by Crippen LogP contribution is -2.06. The Morgan fingerprint density at radius 1 is 1.82 bits per heavy atom. The van der Waals surface area contributed by atoms with E-state index in [-0.39, 0.29) is 5.97 Å². The first-order valence-corrected chi connectivity index (χ1v) is 3.44. The van der Waals surface area contributed by atoms with Crippen molar-refractivity contribution in [3.63, 3.8) is 0 Å². The van der Waals surface area contributed by atoms with Crippen molar-refractivity contribution in [1.29, 1.82) is 0 Å². The van der Waals surface area contributed by atoms with Gasteiger partial charge in [0.15, 0.2) is 0 Å². The summed E-state index contributed by atoms with van der Waals surface area (Å²) in [6.45, 7) is 3.54. The molecule has 1 aromatic rings. The molecule has 0 radical (unpaired) electrons. The molecular formula is C7H10N2O2. The summed E-state index contributed by atoms with van der Waals surface area (Å²) in [7, 11) is 0. The van der Waals surface area contributed by atoms with Crippen molar-refractivity contribution in [2.75, 3.05) is 0 Å². The van der Waals surface area contributed by atoms with Gasteiger partial charge >= 0.3 is 5.97 Å². The second-order valence-corrected chi connectivity index (χ2v) is 2.16. The molecule has 4 heteroatoms. The highest BCUT2D eigenvalue weighted by molar-refractivity contribution is 5.71. The molecule has 1 aromatic heterocycles. The molecule has 1 heterocycles. The number of carbonyl (C=O) groups excluding carboxylic acids is 1. The van der Waals surface area contributed by atoms with Crippen LogP contribution in [-0.2, 0) is 4.79 Å². The zero-order valence-corrected chi connectivity index (χ0v) is 6.55. The van der Waals surface area contributed by atoms with Gasteiger partial charge in [0, 0.05) is 6.42 Å². The van der Waals surface area contributed by atoms with E-state index in [4.69, 9.17) is 4.74 Å². The van der Waals surface area contributed by atoms with E-state index in [2.05, 4.69) is 9.97 Å². The Kier molecular flexibility index (Phi) is 2.25. The average molecular weight is 154 g/mol. The molecule has 60 valence electrons. The number of aromatic amines is 1. The summed E-state index contributed by atoms with van der Waals surface area (Å²) in [5.41, 5.74) is 0.770. The summed E-state index contributed by atoms with van der Waals surface area (Å²) < 4.78 is 4.85. The molecular weight excluding hydrogens is 144 g/mol. The van der Waals surface area contributed by atoms with Crippen LogP contribution in [0.4, 0.5) is 0 Å². The first-order chi connectivity index (χ1) is 5.24. The zero-order valence-electron chi connectivity index (χ0n) is 6.55. The number of rotatable bonds is 2. The van der Waals surface area contributed by atoms with Crippen molar-refractivity contribution in [2.24, 2.45) is 0 Å². The Morgan fingerprint density at radius 3 is 3.00 bits per heavy atom. The molecule has 0 unspecified atom stereocenters. The molecule has 1 N–H and O–H groups in total.